The Hall–Kier alpha value is -1.63. The van der Waals surface area contributed by atoms with Gasteiger partial charge in [0.05, 0.1) is 26.2 Å². The smallest absolute Gasteiger partial charge is 0.173 e. The molecule has 5 nitrogen and oxygen atoms in total. The summed E-state index contributed by atoms with van der Waals surface area (Å²) in [5.41, 5.74) is 3.02. The fourth-order valence-corrected chi connectivity index (χ4v) is 3.31. The van der Waals surface area contributed by atoms with Crippen molar-refractivity contribution in [1.29, 1.82) is 0 Å². The molecule has 0 aliphatic carbocycles. The Bertz CT molecular complexity index is 725. The SMILES string of the molecule is Cc1cc(C[NH+]2CCN(C(=S)Nc3ccc(C)c(Cl)c3)CC2)no1. The number of nitrogens with one attached hydrogen (secondary N) is 2. The van der Waals surface area contributed by atoms with Crippen LogP contribution in [0.3, 0.4) is 0 Å². The van der Waals surface area contributed by atoms with Crippen molar-refractivity contribution in [3.63, 3.8) is 0 Å². The van der Waals surface area contributed by atoms with Crippen molar-refractivity contribution in [1.82, 2.24) is 10.1 Å². The first-order valence-electron chi connectivity index (χ1n) is 8.09. The lowest BCUT2D eigenvalue weighted by atomic mass is 10.2. The number of quaternary nitrogens is 1. The lowest BCUT2D eigenvalue weighted by Gasteiger charge is -2.33. The molecule has 0 atom stereocenters. The molecule has 2 N–H and O–H groups in total. The third-order valence-corrected chi connectivity index (χ3v) is 5.06. The van der Waals surface area contributed by atoms with Gasteiger partial charge in [-0.2, -0.15) is 0 Å². The molecule has 1 aliphatic heterocycles. The van der Waals surface area contributed by atoms with Crippen molar-refractivity contribution in [3.8, 4) is 0 Å². The molecule has 7 heteroatoms. The summed E-state index contributed by atoms with van der Waals surface area (Å²) in [4.78, 5) is 3.71. The highest BCUT2D eigenvalue weighted by Crippen LogP contribution is 2.20. The van der Waals surface area contributed by atoms with Gasteiger partial charge >= 0.3 is 0 Å². The Balaban J connectivity index is 1.50. The maximum atomic E-state index is 6.17. The summed E-state index contributed by atoms with van der Waals surface area (Å²) in [6, 6.07) is 7.92. The molecule has 0 radical (unpaired) electrons. The molecular formula is C17H22ClN4OS+. The molecule has 1 aromatic heterocycles. The summed E-state index contributed by atoms with van der Waals surface area (Å²) in [5, 5.41) is 8.86. The number of aryl methyl sites for hydroxylation is 2. The molecule has 3 rings (SSSR count). The first-order chi connectivity index (χ1) is 11.5. The van der Waals surface area contributed by atoms with E-state index in [0.29, 0.717) is 0 Å². The monoisotopic (exact) mass is 365 g/mol. The summed E-state index contributed by atoms with van der Waals surface area (Å²) < 4.78 is 5.13. The van der Waals surface area contributed by atoms with Gasteiger partial charge < -0.3 is 19.6 Å². The van der Waals surface area contributed by atoms with Crippen LogP contribution in [0.5, 0.6) is 0 Å². The van der Waals surface area contributed by atoms with Gasteiger partial charge in [0.15, 0.2) is 5.11 Å². The van der Waals surface area contributed by atoms with Gasteiger partial charge in [0.25, 0.3) is 0 Å². The van der Waals surface area contributed by atoms with E-state index in [9.17, 15) is 0 Å². The Morgan fingerprint density at radius 1 is 1.33 bits per heavy atom. The molecule has 24 heavy (non-hydrogen) atoms. The van der Waals surface area contributed by atoms with E-state index in [1.165, 1.54) is 4.90 Å². The van der Waals surface area contributed by atoms with Crippen LogP contribution in [0.1, 0.15) is 17.0 Å². The summed E-state index contributed by atoms with van der Waals surface area (Å²) in [5.74, 6) is 0.866. The van der Waals surface area contributed by atoms with Gasteiger partial charge in [0.1, 0.15) is 18.0 Å². The number of thiocarbonyl (C=S) groups is 1. The molecule has 0 bridgehead atoms. The predicted octanol–water partition coefficient (Wildman–Crippen LogP) is 2.04. The molecule has 0 saturated carbocycles. The molecule has 0 amide bonds. The molecule has 128 valence electrons. The lowest BCUT2D eigenvalue weighted by molar-refractivity contribution is -0.917. The molecule has 1 aromatic carbocycles. The van der Waals surface area contributed by atoms with E-state index >= 15 is 0 Å². The average molecular weight is 366 g/mol. The first kappa shape index (κ1) is 17.2. The van der Waals surface area contributed by atoms with Gasteiger partial charge in [-0.15, -0.1) is 0 Å². The summed E-state index contributed by atoms with van der Waals surface area (Å²) in [7, 11) is 0. The van der Waals surface area contributed by atoms with E-state index in [0.717, 1.165) is 65.6 Å². The third-order valence-electron chi connectivity index (χ3n) is 4.29. The minimum absolute atomic E-state index is 0.750. The zero-order valence-corrected chi connectivity index (χ0v) is 15.5. The zero-order chi connectivity index (χ0) is 17.1. The minimum Gasteiger partial charge on any atom is -0.361 e. The minimum atomic E-state index is 0.750. The van der Waals surface area contributed by atoms with Crippen LogP contribution in [0, 0.1) is 13.8 Å². The number of hydrogen-bond donors (Lipinski definition) is 2. The molecule has 1 aliphatic rings. The lowest BCUT2D eigenvalue weighted by Crippen LogP contribution is -3.13. The van der Waals surface area contributed by atoms with Crippen molar-refractivity contribution in [2.45, 2.75) is 20.4 Å². The van der Waals surface area contributed by atoms with Crippen LogP contribution >= 0.6 is 23.8 Å². The van der Waals surface area contributed by atoms with Gasteiger partial charge in [0, 0.05) is 16.8 Å². The number of nitrogens with zero attached hydrogens (tertiary/aromatic N) is 2. The first-order valence-corrected chi connectivity index (χ1v) is 8.88. The highest BCUT2D eigenvalue weighted by Gasteiger charge is 2.22. The van der Waals surface area contributed by atoms with Crippen LogP contribution in [0.15, 0.2) is 28.8 Å². The number of anilines is 1. The van der Waals surface area contributed by atoms with E-state index < -0.39 is 0 Å². The van der Waals surface area contributed by atoms with Crippen molar-refractivity contribution >= 4 is 34.6 Å². The summed E-state index contributed by atoms with van der Waals surface area (Å²) >= 11 is 11.7. The Kier molecular flexibility index (Phi) is 5.38. The van der Waals surface area contributed by atoms with Crippen LogP contribution in [0.4, 0.5) is 5.69 Å². The topological polar surface area (TPSA) is 45.7 Å². The molecule has 2 aromatic rings. The molecule has 1 fully saturated rings. The van der Waals surface area contributed by atoms with Crippen LogP contribution < -0.4 is 10.2 Å². The van der Waals surface area contributed by atoms with Crippen LogP contribution in [0.25, 0.3) is 0 Å². The second kappa shape index (κ2) is 7.51. The number of piperazine rings is 1. The number of aromatic nitrogens is 1. The van der Waals surface area contributed by atoms with E-state index in [1.54, 1.807) is 0 Å². The number of benzene rings is 1. The molecule has 2 heterocycles. The average Bonchev–Trinajstić information content (AvgIpc) is 2.96. The van der Waals surface area contributed by atoms with Crippen LogP contribution in [-0.4, -0.2) is 41.3 Å². The van der Waals surface area contributed by atoms with Gasteiger partial charge in [-0.05, 0) is 43.8 Å². The van der Waals surface area contributed by atoms with E-state index in [4.69, 9.17) is 28.3 Å². The van der Waals surface area contributed by atoms with E-state index in [-0.39, 0.29) is 0 Å². The second-order valence-electron chi connectivity index (χ2n) is 6.24. The molecular weight excluding hydrogens is 344 g/mol. The second-order valence-corrected chi connectivity index (χ2v) is 7.03. The predicted molar refractivity (Wildman–Crippen MR) is 99.6 cm³/mol. The Morgan fingerprint density at radius 2 is 2.08 bits per heavy atom. The standard InChI is InChI=1S/C17H21ClN4OS/c1-12-3-4-14(10-16(12)18)19-17(24)22-7-5-21(6-8-22)11-15-9-13(2)23-20-15/h3-4,9-10H,5-8,11H2,1-2H3,(H,19,24)/p+1. The van der Waals surface area contributed by atoms with Crippen LogP contribution in [0.2, 0.25) is 5.02 Å². The largest absolute Gasteiger partial charge is 0.361 e. The molecule has 0 unspecified atom stereocenters. The van der Waals surface area contributed by atoms with Gasteiger partial charge in [-0.1, -0.05) is 22.8 Å². The number of hydrogen-bond acceptors (Lipinski definition) is 3. The van der Waals surface area contributed by atoms with Gasteiger partial charge in [-0.25, -0.2) is 0 Å². The van der Waals surface area contributed by atoms with Gasteiger partial charge in [-0.3, -0.25) is 0 Å². The maximum Gasteiger partial charge on any atom is 0.173 e. The molecule has 0 spiro atoms. The highest BCUT2D eigenvalue weighted by atomic mass is 35.5. The van der Waals surface area contributed by atoms with Gasteiger partial charge in [0.2, 0.25) is 0 Å². The summed E-state index contributed by atoms with van der Waals surface area (Å²) in [6.45, 7) is 8.73. The normalized spacial score (nSPS) is 15.5. The number of halogens is 1. The van der Waals surface area contributed by atoms with E-state index in [1.807, 2.05) is 38.1 Å². The van der Waals surface area contributed by atoms with Crippen molar-refractivity contribution in [2.75, 3.05) is 31.5 Å². The molecule has 1 saturated heterocycles. The fourth-order valence-electron chi connectivity index (χ4n) is 2.83. The summed E-state index contributed by atoms with van der Waals surface area (Å²) in [6.07, 6.45) is 0. The van der Waals surface area contributed by atoms with Crippen LogP contribution in [-0.2, 0) is 6.54 Å². The quantitative estimate of drug-likeness (QED) is 0.815. The van der Waals surface area contributed by atoms with Crippen molar-refractivity contribution in [3.05, 3.63) is 46.3 Å². The maximum absolute atomic E-state index is 6.17. The Labute approximate surface area is 152 Å². The fraction of sp³-hybridized carbons (Fsp3) is 0.412. The van der Waals surface area contributed by atoms with Crippen molar-refractivity contribution < 1.29 is 9.42 Å². The Morgan fingerprint density at radius 3 is 2.71 bits per heavy atom. The van der Waals surface area contributed by atoms with E-state index in [2.05, 4.69) is 15.4 Å². The third kappa shape index (κ3) is 4.26. The highest BCUT2D eigenvalue weighted by molar-refractivity contribution is 7.80. The van der Waals surface area contributed by atoms with Crippen molar-refractivity contribution in [2.24, 2.45) is 0 Å². The number of rotatable bonds is 3. The zero-order valence-electron chi connectivity index (χ0n) is 13.9.